The van der Waals surface area contributed by atoms with Crippen molar-refractivity contribution in [1.29, 1.82) is 0 Å². The summed E-state index contributed by atoms with van der Waals surface area (Å²) in [6.45, 7) is 2.76. The average molecular weight is 241 g/mol. The molecule has 0 aliphatic heterocycles. The summed E-state index contributed by atoms with van der Waals surface area (Å²) in [5.74, 6) is 0. The van der Waals surface area contributed by atoms with Gasteiger partial charge in [0.05, 0.1) is 0 Å². The van der Waals surface area contributed by atoms with Crippen LogP contribution >= 0.6 is 0 Å². The van der Waals surface area contributed by atoms with E-state index >= 15 is 0 Å². The summed E-state index contributed by atoms with van der Waals surface area (Å²) in [4.78, 5) is 4.94. The van der Waals surface area contributed by atoms with E-state index in [0.29, 0.717) is 6.54 Å². The smallest absolute Gasteiger partial charge is 0.194 e. The van der Waals surface area contributed by atoms with E-state index in [9.17, 15) is 0 Å². The van der Waals surface area contributed by atoms with Crippen LogP contribution in [0.1, 0.15) is 11.1 Å². The number of nitrogens with zero attached hydrogens (tertiary/aromatic N) is 2. The van der Waals surface area contributed by atoms with Crippen molar-refractivity contribution >= 4 is 5.71 Å². The van der Waals surface area contributed by atoms with E-state index in [1.54, 1.807) is 7.11 Å². The van der Waals surface area contributed by atoms with Gasteiger partial charge < -0.3 is 4.84 Å². The highest BCUT2D eigenvalue weighted by molar-refractivity contribution is 5.99. The van der Waals surface area contributed by atoms with Gasteiger partial charge in [0, 0.05) is 17.7 Å². The van der Waals surface area contributed by atoms with E-state index in [0.717, 1.165) is 11.3 Å². The molecule has 92 valence electrons. The quantitative estimate of drug-likeness (QED) is 0.458. The lowest BCUT2D eigenvalue weighted by molar-refractivity contribution is -0.681. The minimum atomic E-state index is 0.692. The molecule has 0 saturated carbocycles. The van der Waals surface area contributed by atoms with Crippen molar-refractivity contribution < 1.29 is 9.40 Å². The van der Waals surface area contributed by atoms with Crippen molar-refractivity contribution in [2.45, 2.75) is 13.5 Å². The molecule has 0 aliphatic rings. The predicted octanol–water partition coefficient (Wildman–Crippen LogP) is 2.33. The first-order chi connectivity index (χ1) is 8.79. The molecule has 1 aromatic carbocycles. The average Bonchev–Trinajstić information content (AvgIpc) is 2.40. The summed E-state index contributed by atoms with van der Waals surface area (Å²) in [7, 11) is 1.57. The Bertz CT molecular complexity index is 518. The first kappa shape index (κ1) is 12.3. The number of hydrogen-bond acceptors (Lipinski definition) is 2. The topological polar surface area (TPSA) is 25.5 Å². The van der Waals surface area contributed by atoms with Crippen LogP contribution in [0.3, 0.4) is 0 Å². The molecular formula is C15H17N2O+. The molecule has 0 spiro atoms. The van der Waals surface area contributed by atoms with Crippen LogP contribution in [0, 0.1) is 6.92 Å². The highest BCUT2D eigenvalue weighted by Gasteiger charge is 2.10. The summed E-state index contributed by atoms with van der Waals surface area (Å²) in [6.07, 6.45) is 4.03. The fourth-order valence-corrected chi connectivity index (χ4v) is 1.74. The Kier molecular flexibility index (Phi) is 4.07. The molecular weight excluding hydrogens is 224 g/mol. The molecule has 18 heavy (non-hydrogen) atoms. The number of hydrogen-bond donors (Lipinski definition) is 0. The van der Waals surface area contributed by atoms with E-state index in [2.05, 4.69) is 40.9 Å². The Morgan fingerprint density at radius 3 is 2.39 bits per heavy atom. The molecule has 0 saturated heterocycles. The van der Waals surface area contributed by atoms with Gasteiger partial charge in [0.15, 0.2) is 24.7 Å². The van der Waals surface area contributed by atoms with Crippen molar-refractivity contribution in [2.24, 2.45) is 5.16 Å². The van der Waals surface area contributed by atoms with Gasteiger partial charge in [-0.15, -0.1) is 0 Å². The summed E-state index contributed by atoms with van der Waals surface area (Å²) in [6, 6.07) is 14.3. The zero-order valence-corrected chi connectivity index (χ0v) is 10.7. The highest BCUT2D eigenvalue weighted by Crippen LogP contribution is 2.05. The maximum Gasteiger partial charge on any atom is 0.194 e. The number of oxime groups is 1. The van der Waals surface area contributed by atoms with Crippen LogP contribution in [0.5, 0.6) is 0 Å². The normalized spacial score (nSPS) is 11.3. The molecule has 2 rings (SSSR count). The first-order valence-corrected chi connectivity index (χ1v) is 5.91. The predicted molar refractivity (Wildman–Crippen MR) is 71.4 cm³/mol. The number of aryl methyl sites for hydroxylation is 1. The van der Waals surface area contributed by atoms with E-state index in [1.165, 1.54) is 5.56 Å². The van der Waals surface area contributed by atoms with Gasteiger partial charge in [-0.3, -0.25) is 0 Å². The van der Waals surface area contributed by atoms with Crippen molar-refractivity contribution in [3.8, 4) is 0 Å². The minimum Gasteiger partial charge on any atom is -0.399 e. The molecule has 0 amide bonds. The summed E-state index contributed by atoms with van der Waals surface area (Å²) in [5, 5.41) is 4.12. The van der Waals surface area contributed by atoms with Gasteiger partial charge in [0.1, 0.15) is 7.11 Å². The third kappa shape index (κ3) is 3.17. The van der Waals surface area contributed by atoms with E-state index in [4.69, 9.17) is 4.84 Å². The van der Waals surface area contributed by atoms with Gasteiger partial charge in [0.25, 0.3) is 0 Å². The zero-order chi connectivity index (χ0) is 12.8. The monoisotopic (exact) mass is 241 g/mol. The van der Waals surface area contributed by atoms with Crippen LogP contribution < -0.4 is 4.57 Å². The third-order valence-corrected chi connectivity index (χ3v) is 2.70. The molecule has 0 fully saturated rings. The lowest BCUT2D eigenvalue weighted by atomic mass is 10.1. The fourth-order valence-electron chi connectivity index (χ4n) is 1.74. The zero-order valence-electron chi connectivity index (χ0n) is 10.7. The van der Waals surface area contributed by atoms with Gasteiger partial charge in [-0.25, -0.2) is 0 Å². The Hall–Kier alpha value is -2.16. The molecule has 0 radical (unpaired) electrons. The third-order valence-electron chi connectivity index (χ3n) is 2.70. The lowest BCUT2D eigenvalue weighted by Crippen LogP contribution is -2.37. The molecule has 0 bridgehead atoms. The SMILES string of the molecule is CO/N=C(/C[n+]1ccccc1)c1ccc(C)cc1. The van der Waals surface area contributed by atoms with Crippen LogP contribution in [-0.2, 0) is 11.4 Å². The van der Waals surface area contributed by atoms with Gasteiger partial charge in [0.2, 0.25) is 0 Å². The number of benzene rings is 1. The van der Waals surface area contributed by atoms with Crippen molar-refractivity contribution in [1.82, 2.24) is 0 Å². The Labute approximate surface area is 107 Å². The first-order valence-electron chi connectivity index (χ1n) is 5.91. The molecule has 1 aromatic heterocycles. The Balaban J connectivity index is 2.24. The molecule has 0 aliphatic carbocycles. The Morgan fingerprint density at radius 2 is 1.78 bits per heavy atom. The van der Waals surface area contributed by atoms with Gasteiger partial charge >= 0.3 is 0 Å². The summed E-state index contributed by atoms with van der Waals surface area (Å²) in [5.41, 5.74) is 3.23. The maximum absolute atomic E-state index is 4.94. The van der Waals surface area contributed by atoms with E-state index in [-0.39, 0.29) is 0 Å². The second-order valence-electron chi connectivity index (χ2n) is 4.13. The highest BCUT2D eigenvalue weighted by atomic mass is 16.6. The molecule has 2 aromatic rings. The number of pyridine rings is 1. The summed E-state index contributed by atoms with van der Waals surface area (Å²) >= 11 is 0. The van der Waals surface area contributed by atoms with Crippen molar-refractivity contribution in [3.63, 3.8) is 0 Å². The number of rotatable bonds is 4. The van der Waals surface area contributed by atoms with Crippen LogP contribution in [0.25, 0.3) is 0 Å². The second kappa shape index (κ2) is 5.96. The standard InChI is InChI=1S/C15H17N2O/c1-13-6-8-14(9-7-13)15(16-18-2)12-17-10-4-3-5-11-17/h3-11H,12H2,1-2H3/q+1/b16-15-. The fraction of sp³-hybridized carbons (Fsp3) is 0.200. The summed E-state index contributed by atoms with van der Waals surface area (Å²) < 4.78 is 2.07. The van der Waals surface area contributed by atoms with E-state index in [1.807, 2.05) is 30.6 Å². The molecule has 0 unspecified atom stereocenters. The van der Waals surface area contributed by atoms with E-state index < -0.39 is 0 Å². The van der Waals surface area contributed by atoms with Gasteiger partial charge in [-0.1, -0.05) is 41.1 Å². The van der Waals surface area contributed by atoms with Crippen LogP contribution in [0.15, 0.2) is 60.0 Å². The van der Waals surface area contributed by atoms with Gasteiger partial charge in [-0.2, -0.15) is 4.57 Å². The van der Waals surface area contributed by atoms with Crippen LogP contribution in [0.2, 0.25) is 0 Å². The second-order valence-corrected chi connectivity index (χ2v) is 4.13. The molecule has 3 heteroatoms. The molecule has 0 atom stereocenters. The maximum atomic E-state index is 4.94. The van der Waals surface area contributed by atoms with Crippen molar-refractivity contribution in [2.75, 3.05) is 7.11 Å². The van der Waals surface area contributed by atoms with Crippen LogP contribution in [-0.4, -0.2) is 12.8 Å². The molecule has 1 heterocycles. The minimum absolute atomic E-state index is 0.692. The number of aromatic nitrogens is 1. The lowest BCUT2D eigenvalue weighted by Gasteiger charge is -2.03. The molecule has 3 nitrogen and oxygen atoms in total. The Morgan fingerprint density at radius 1 is 1.11 bits per heavy atom. The van der Waals surface area contributed by atoms with Crippen molar-refractivity contribution in [3.05, 3.63) is 66.0 Å². The largest absolute Gasteiger partial charge is 0.399 e. The van der Waals surface area contributed by atoms with Gasteiger partial charge in [-0.05, 0) is 6.92 Å². The van der Waals surface area contributed by atoms with Crippen LogP contribution in [0.4, 0.5) is 0 Å². The molecule has 0 N–H and O–H groups in total.